The lowest BCUT2D eigenvalue weighted by molar-refractivity contribution is -0.134. The number of amides is 2. The molecule has 0 aliphatic carbocycles. The zero-order chi connectivity index (χ0) is 20.6. The number of aryl methyl sites for hydroxylation is 1. The predicted octanol–water partition coefficient (Wildman–Crippen LogP) is 3.53. The molecule has 2 N–H and O–H groups in total. The van der Waals surface area contributed by atoms with E-state index in [4.69, 9.17) is 9.47 Å². The standard InChI is InChI=1S/C23H24N2O4/c1-3-21(29-20-10-6-7-16(2)13-20)23(27)25-24-22(26)15-28-19-12-11-17-8-4-5-9-18(17)14-19/h4-14,21H,3,15H2,1-2H3,(H,24,26)(H,25,27). The van der Waals surface area contributed by atoms with E-state index in [1.165, 1.54) is 0 Å². The van der Waals surface area contributed by atoms with E-state index in [0.717, 1.165) is 16.3 Å². The smallest absolute Gasteiger partial charge is 0.279 e. The van der Waals surface area contributed by atoms with Crippen LogP contribution in [0.2, 0.25) is 0 Å². The van der Waals surface area contributed by atoms with E-state index < -0.39 is 17.9 Å². The van der Waals surface area contributed by atoms with E-state index in [0.29, 0.717) is 17.9 Å². The number of hydrogen-bond acceptors (Lipinski definition) is 4. The summed E-state index contributed by atoms with van der Waals surface area (Å²) in [5.41, 5.74) is 5.79. The zero-order valence-corrected chi connectivity index (χ0v) is 16.5. The average molecular weight is 392 g/mol. The molecule has 0 saturated heterocycles. The molecule has 150 valence electrons. The molecule has 0 aromatic heterocycles. The van der Waals surface area contributed by atoms with Crippen LogP contribution in [-0.2, 0) is 9.59 Å². The van der Waals surface area contributed by atoms with Crippen LogP contribution >= 0.6 is 0 Å². The second-order valence-electron chi connectivity index (χ2n) is 6.67. The highest BCUT2D eigenvalue weighted by molar-refractivity contribution is 5.86. The van der Waals surface area contributed by atoms with Crippen molar-refractivity contribution in [2.75, 3.05) is 6.61 Å². The van der Waals surface area contributed by atoms with Crippen molar-refractivity contribution in [1.82, 2.24) is 10.9 Å². The van der Waals surface area contributed by atoms with Crippen molar-refractivity contribution >= 4 is 22.6 Å². The molecule has 0 saturated carbocycles. The van der Waals surface area contributed by atoms with Gasteiger partial charge < -0.3 is 9.47 Å². The summed E-state index contributed by atoms with van der Waals surface area (Å²) in [6.45, 7) is 3.57. The van der Waals surface area contributed by atoms with Crippen LogP contribution < -0.4 is 20.3 Å². The molecule has 0 fully saturated rings. The van der Waals surface area contributed by atoms with Crippen molar-refractivity contribution in [2.24, 2.45) is 0 Å². The fourth-order valence-corrected chi connectivity index (χ4v) is 2.83. The quantitative estimate of drug-likeness (QED) is 0.603. The number of rotatable bonds is 7. The van der Waals surface area contributed by atoms with Crippen LogP contribution in [0.4, 0.5) is 0 Å². The Kier molecular flexibility index (Phi) is 6.68. The van der Waals surface area contributed by atoms with Gasteiger partial charge >= 0.3 is 0 Å². The Morgan fingerprint density at radius 3 is 2.45 bits per heavy atom. The first-order valence-electron chi connectivity index (χ1n) is 9.49. The van der Waals surface area contributed by atoms with E-state index >= 15 is 0 Å². The first-order chi connectivity index (χ1) is 14.0. The summed E-state index contributed by atoms with van der Waals surface area (Å²) < 4.78 is 11.2. The van der Waals surface area contributed by atoms with Crippen LogP contribution in [0.3, 0.4) is 0 Å². The number of nitrogens with one attached hydrogen (secondary N) is 2. The van der Waals surface area contributed by atoms with E-state index in [2.05, 4.69) is 10.9 Å². The maximum Gasteiger partial charge on any atom is 0.279 e. The zero-order valence-electron chi connectivity index (χ0n) is 16.5. The summed E-state index contributed by atoms with van der Waals surface area (Å²) in [4.78, 5) is 24.3. The minimum atomic E-state index is -0.710. The first kappa shape index (κ1) is 20.2. The molecule has 3 rings (SSSR count). The summed E-state index contributed by atoms with van der Waals surface area (Å²) in [6, 6.07) is 20.9. The molecule has 6 nitrogen and oxygen atoms in total. The number of carbonyl (C=O) groups excluding carboxylic acids is 2. The van der Waals surface area contributed by atoms with E-state index in [9.17, 15) is 9.59 Å². The van der Waals surface area contributed by atoms with Crippen molar-refractivity contribution in [1.29, 1.82) is 0 Å². The van der Waals surface area contributed by atoms with Crippen molar-refractivity contribution in [3.8, 4) is 11.5 Å². The summed E-state index contributed by atoms with van der Waals surface area (Å²) in [5, 5.41) is 2.12. The van der Waals surface area contributed by atoms with E-state index in [-0.39, 0.29) is 6.61 Å². The molecule has 0 aliphatic rings. The Bertz CT molecular complexity index is 1000. The van der Waals surface area contributed by atoms with Gasteiger partial charge in [-0.05, 0) is 53.9 Å². The SMILES string of the molecule is CCC(Oc1cccc(C)c1)C(=O)NNC(=O)COc1ccc2ccccc2c1. The van der Waals surface area contributed by atoms with Gasteiger partial charge in [-0.1, -0.05) is 49.4 Å². The van der Waals surface area contributed by atoms with Gasteiger partial charge in [0.25, 0.3) is 11.8 Å². The molecule has 1 unspecified atom stereocenters. The van der Waals surface area contributed by atoms with Gasteiger partial charge in [-0.15, -0.1) is 0 Å². The fourth-order valence-electron chi connectivity index (χ4n) is 2.83. The molecule has 0 aliphatic heterocycles. The van der Waals surface area contributed by atoms with Crippen LogP contribution in [-0.4, -0.2) is 24.5 Å². The van der Waals surface area contributed by atoms with Crippen molar-refractivity contribution in [3.05, 3.63) is 72.3 Å². The van der Waals surface area contributed by atoms with Crippen molar-refractivity contribution in [2.45, 2.75) is 26.4 Å². The topological polar surface area (TPSA) is 76.7 Å². The van der Waals surface area contributed by atoms with Crippen LogP contribution in [0.25, 0.3) is 10.8 Å². The van der Waals surface area contributed by atoms with Crippen molar-refractivity contribution in [3.63, 3.8) is 0 Å². The normalized spacial score (nSPS) is 11.5. The highest BCUT2D eigenvalue weighted by atomic mass is 16.5. The van der Waals surface area contributed by atoms with Gasteiger partial charge in [0.15, 0.2) is 12.7 Å². The number of hydrogen-bond donors (Lipinski definition) is 2. The minimum absolute atomic E-state index is 0.214. The largest absolute Gasteiger partial charge is 0.484 e. The number of benzene rings is 3. The number of carbonyl (C=O) groups is 2. The predicted molar refractivity (Wildman–Crippen MR) is 112 cm³/mol. The molecule has 2 amide bonds. The van der Waals surface area contributed by atoms with Crippen LogP contribution in [0.1, 0.15) is 18.9 Å². The molecule has 0 bridgehead atoms. The number of fused-ring (bicyclic) bond motifs is 1. The Labute approximate surface area is 169 Å². The highest BCUT2D eigenvalue weighted by Crippen LogP contribution is 2.20. The second kappa shape index (κ2) is 9.59. The fraction of sp³-hybridized carbons (Fsp3) is 0.217. The van der Waals surface area contributed by atoms with Crippen LogP contribution in [0.5, 0.6) is 11.5 Å². The lowest BCUT2D eigenvalue weighted by atomic mass is 10.1. The molecular formula is C23H24N2O4. The highest BCUT2D eigenvalue weighted by Gasteiger charge is 2.19. The average Bonchev–Trinajstić information content (AvgIpc) is 2.74. The minimum Gasteiger partial charge on any atom is -0.484 e. The third-order valence-corrected chi connectivity index (χ3v) is 4.35. The molecule has 29 heavy (non-hydrogen) atoms. The second-order valence-corrected chi connectivity index (χ2v) is 6.67. The van der Waals surface area contributed by atoms with Gasteiger partial charge in [-0.25, -0.2) is 0 Å². The van der Waals surface area contributed by atoms with Gasteiger partial charge in [-0.2, -0.15) is 0 Å². The third-order valence-electron chi connectivity index (χ3n) is 4.35. The van der Waals surface area contributed by atoms with Gasteiger partial charge in [0.05, 0.1) is 0 Å². The lowest BCUT2D eigenvalue weighted by Crippen LogP contribution is -2.49. The van der Waals surface area contributed by atoms with Gasteiger partial charge in [0.2, 0.25) is 0 Å². The summed E-state index contributed by atoms with van der Waals surface area (Å²) >= 11 is 0. The van der Waals surface area contributed by atoms with E-state index in [1.807, 2.05) is 68.4 Å². The Morgan fingerprint density at radius 2 is 1.69 bits per heavy atom. The number of hydrazine groups is 1. The lowest BCUT2D eigenvalue weighted by Gasteiger charge is -2.18. The van der Waals surface area contributed by atoms with Crippen LogP contribution in [0.15, 0.2) is 66.7 Å². The monoisotopic (exact) mass is 392 g/mol. The molecular weight excluding hydrogens is 368 g/mol. The van der Waals surface area contributed by atoms with Crippen LogP contribution in [0, 0.1) is 6.92 Å². The molecule has 0 heterocycles. The van der Waals surface area contributed by atoms with Crippen molar-refractivity contribution < 1.29 is 19.1 Å². The molecule has 0 radical (unpaired) electrons. The van der Waals surface area contributed by atoms with Gasteiger partial charge in [-0.3, -0.25) is 20.4 Å². The Hall–Kier alpha value is -3.54. The summed E-state index contributed by atoms with van der Waals surface area (Å²) in [6.07, 6.45) is -0.248. The molecule has 3 aromatic carbocycles. The third kappa shape index (κ3) is 5.72. The maximum atomic E-state index is 12.3. The van der Waals surface area contributed by atoms with Gasteiger partial charge in [0.1, 0.15) is 11.5 Å². The molecule has 3 aromatic rings. The Morgan fingerprint density at radius 1 is 0.897 bits per heavy atom. The molecule has 0 spiro atoms. The summed E-state index contributed by atoms with van der Waals surface area (Å²) in [7, 11) is 0. The molecule has 1 atom stereocenters. The number of ether oxygens (including phenoxy) is 2. The molecule has 6 heteroatoms. The van der Waals surface area contributed by atoms with Gasteiger partial charge in [0, 0.05) is 0 Å². The Balaban J connectivity index is 1.47. The first-order valence-corrected chi connectivity index (χ1v) is 9.49. The summed E-state index contributed by atoms with van der Waals surface area (Å²) in [5.74, 6) is 0.308. The van der Waals surface area contributed by atoms with E-state index in [1.54, 1.807) is 12.1 Å². The maximum absolute atomic E-state index is 12.3.